The number of carbonyl (C=O) groups is 1. The minimum Gasteiger partial charge on any atom is -0.366 e. The molecule has 2 aliphatic rings. The summed E-state index contributed by atoms with van der Waals surface area (Å²) in [5, 5.41) is 3.47. The van der Waals surface area contributed by atoms with Gasteiger partial charge in [0, 0.05) is 31.4 Å². The fourth-order valence-corrected chi connectivity index (χ4v) is 3.50. The van der Waals surface area contributed by atoms with Crippen LogP contribution >= 0.6 is 0 Å². The number of hydrogen-bond donors (Lipinski definition) is 2. The molecule has 5 heteroatoms. The maximum atomic E-state index is 11.1. The third kappa shape index (κ3) is 1.89. The Morgan fingerprint density at radius 3 is 2.84 bits per heavy atom. The first-order chi connectivity index (χ1) is 9.00. The standard InChI is InChI=1S/C14H20N4O/c1-14(2)11-7-16-5-10(11)8-18(14)12-4-3-9(6-17-12)13(15)19/h3-4,6,10-11,16H,5,7-8H2,1-2H3,(H2,15,19). The van der Waals surface area contributed by atoms with Gasteiger partial charge in [0.2, 0.25) is 5.91 Å². The lowest BCUT2D eigenvalue weighted by atomic mass is 9.85. The van der Waals surface area contributed by atoms with Gasteiger partial charge in [-0.2, -0.15) is 0 Å². The van der Waals surface area contributed by atoms with Crippen molar-refractivity contribution < 1.29 is 4.79 Å². The first-order valence-corrected chi connectivity index (χ1v) is 6.74. The van der Waals surface area contributed by atoms with Crippen molar-refractivity contribution >= 4 is 11.7 Å². The van der Waals surface area contributed by atoms with E-state index in [2.05, 4.69) is 29.0 Å². The lowest BCUT2D eigenvalue weighted by Gasteiger charge is -2.36. The van der Waals surface area contributed by atoms with Crippen LogP contribution in [0.3, 0.4) is 0 Å². The summed E-state index contributed by atoms with van der Waals surface area (Å²) in [7, 11) is 0. The van der Waals surface area contributed by atoms with Gasteiger partial charge in [-0.15, -0.1) is 0 Å². The molecule has 3 heterocycles. The number of hydrogen-bond acceptors (Lipinski definition) is 4. The van der Waals surface area contributed by atoms with Crippen LogP contribution in [-0.4, -0.2) is 36.1 Å². The summed E-state index contributed by atoms with van der Waals surface area (Å²) in [4.78, 5) is 17.8. The average Bonchev–Trinajstić information content (AvgIpc) is 2.92. The molecule has 0 aromatic carbocycles. The molecule has 5 nitrogen and oxygen atoms in total. The number of anilines is 1. The first kappa shape index (κ1) is 12.4. The van der Waals surface area contributed by atoms with Gasteiger partial charge in [0.1, 0.15) is 5.82 Å². The molecule has 2 atom stereocenters. The quantitative estimate of drug-likeness (QED) is 0.817. The zero-order valence-corrected chi connectivity index (χ0v) is 11.4. The van der Waals surface area contributed by atoms with Gasteiger partial charge < -0.3 is 16.0 Å². The van der Waals surface area contributed by atoms with Crippen LogP contribution in [0, 0.1) is 11.8 Å². The molecule has 0 spiro atoms. The van der Waals surface area contributed by atoms with Gasteiger partial charge in [0.15, 0.2) is 0 Å². The Kier molecular flexibility index (Phi) is 2.74. The first-order valence-electron chi connectivity index (χ1n) is 6.74. The summed E-state index contributed by atoms with van der Waals surface area (Å²) in [5.74, 6) is 1.85. The molecule has 102 valence electrons. The summed E-state index contributed by atoms with van der Waals surface area (Å²) in [6, 6.07) is 3.66. The SMILES string of the molecule is CC1(C)C2CNCC2CN1c1ccc(C(N)=O)cn1. The monoisotopic (exact) mass is 260 g/mol. The number of rotatable bonds is 2. The molecule has 2 aliphatic heterocycles. The van der Waals surface area contributed by atoms with E-state index < -0.39 is 5.91 Å². The second-order valence-corrected chi connectivity index (χ2v) is 6.06. The van der Waals surface area contributed by atoms with E-state index in [0.717, 1.165) is 25.5 Å². The van der Waals surface area contributed by atoms with Crippen molar-refractivity contribution in [2.45, 2.75) is 19.4 Å². The largest absolute Gasteiger partial charge is 0.366 e. The number of fused-ring (bicyclic) bond motifs is 1. The molecular weight excluding hydrogens is 240 g/mol. The van der Waals surface area contributed by atoms with Gasteiger partial charge in [-0.25, -0.2) is 4.98 Å². The fraction of sp³-hybridized carbons (Fsp3) is 0.571. The van der Waals surface area contributed by atoms with E-state index >= 15 is 0 Å². The summed E-state index contributed by atoms with van der Waals surface area (Å²) in [6.45, 7) is 7.73. The van der Waals surface area contributed by atoms with Crippen molar-refractivity contribution in [1.29, 1.82) is 0 Å². The Morgan fingerprint density at radius 2 is 2.26 bits per heavy atom. The van der Waals surface area contributed by atoms with Gasteiger partial charge in [-0.05, 0) is 37.8 Å². The van der Waals surface area contributed by atoms with Crippen LogP contribution in [0.4, 0.5) is 5.82 Å². The minimum absolute atomic E-state index is 0.0927. The number of carbonyl (C=O) groups excluding carboxylic acids is 1. The van der Waals surface area contributed by atoms with E-state index in [1.165, 1.54) is 0 Å². The molecule has 0 aliphatic carbocycles. The molecule has 2 unspecified atom stereocenters. The van der Waals surface area contributed by atoms with E-state index in [1.54, 1.807) is 12.3 Å². The molecule has 0 bridgehead atoms. The molecule has 0 saturated carbocycles. The highest BCUT2D eigenvalue weighted by molar-refractivity contribution is 5.92. The summed E-state index contributed by atoms with van der Waals surface area (Å²) in [6.07, 6.45) is 1.57. The molecule has 19 heavy (non-hydrogen) atoms. The van der Waals surface area contributed by atoms with Gasteiger partial charge in [0.05, 0.1) is 5.56 Å². The number of nitrogens with one attached hydrogen (secondary N) is 1. The Balaban J connectivity index is 1.88. The van der Waals surface area contributed by atoms with Crippen LogP contribution in [0.5, 0.6) is 0 Å². The third-order valence-electron chi connectivity index (χ3n) is 4.67. The second-order valence-electron chi connectivity index (χ2n) is 6.06. The van der Waals surface area contributed by atoms with E-state index in [1.807, 2.05) is 6.07 Å². The van der Waals surface area contributed by atoms with Crippen LogP contribution in [0.15, 0.2) is 18.3 Å². The van der Waals surface area contributed by atoms with Gasteiger partial charge in [-0.1, -0.05) is 0 Å². The highest BCUT2D eigenvalue weighted by Crippen LogP contribution is 2.42. The Bertz CT molecular complexity index is 497. The maximum absolute atomic E-state index is 11.1. The number of aromatic nitrogens is 1. The highest BCUT2D eigenvalue weighted by Gasteiger charge is 2.49. The molecule has 0 radical (unpaired) electrons. The average molecular weight is 260 g/mol. The predicted molar refractivity (Wildman–Crippen MR) is 74.0 cm³/mol. The van der Waals surface area contributed by atoms with Crippen molar-refractivity contribution in [1.82, 2.24) is 10.3 Å². The molecule has 2 saturated heterocycles. The predicted octanol–water partition coefficient (Wildman–Crippen LogP) is 0.615. The van der Waals surface area contributed by atoms with E-state index in [4.69, 9.17) is 5.73 Å². The summed E-state index contributed by atoms with van der Waals surface area (Å²) in [5.41, 5.74) is 5.80. The third-order valence-corrected chi connectivity index (χ3v) is 4.67. The van der Waals surface area contributed by atoms with Crippen LogP contribution in [0.25, 0.3) is 0 Å². The van der Waals surface area contributed by atoms with Gasteiger partial charge in [0.25, 0.3) is 0 Å². The second kappa shape index (κ2) is 4.20. The van der Waals surface area contributed by atoms with Crippen molar-refractivity contribution in [3.63, 3.8) is 0 Å². The van der Waals surface area contributed by atoms with E-state index in [0.29, 0.717) is 17.4 Å². The normalized spacial score (nSPS) is 28.4. The fourth-order valence-electron chi connectivity index (χ4n) is 3.50. The zero-order chi connectivity index (χ0) is 13.6. The molecule has 3 N–H and O–H groups in total. The zero-order valence-electron chi connectivity index (χ0n) is 11.4. The molecule has 1 amide bonds. The number of nitrogens with two attached hydrogens (primary N) is 1. The molecule has 1 aromatic heterocycles. The van der Waals surface area contributed by atoms with E-state index in [-0.39, 0.29) is 5.54 Å². The number of pyridine rings is 1. The van der Waals surface area contributed by atoms with E-state index in [9.17, 15) is 4.79 Å². The Labute approximate surface area is 113 Å². The number of amides is 1. The molecule has 2 fully saturated rings. The molecular formula is C14H20N4O. The summed E-state index contributed by atoms with van der Waals surface area (Å²) < 4.78 is 0. The molecule has 1 aromatic rings. The van der Waals surface area contributed by atoms with Crippen LogP contribution in [-0.2, 0) is 0 Å². The van der Waals surface area contributed by atoms with Crippen LogP contribution < -0.4 is 16.0 Å². The number of primary amides is 1. The van der Waals surface area contributed by atoms with Gasteiger partial charge >= 0.3 is 0 Å². The van der Waals surface area contributed by atoms with Crippen LogP contribution in [0.1, 0.15) is 24.2 Å². The minimum atomic E-state index is -0.430. The molecule has 3 rings (SSSR count). The van der Waals surface area contributed by atoms with Crippen LogP contribution in [0.2, 0.25) is 0 Å². The van der Waals surface area contributed by atoms with Crippen molar-refractivity contribution in [3.8, 4) is 0 Å². The van der Waals surface area contributed by atoms with Crippen molar-refractivity contribution in [2.24, 2.45) is 17.6 Å². The number of nitrogens with zero attached hydrogens (tertiary/aromatic N) is 2. The highest BCUT2D eigenvalue weighted by atomic mass is 16.1. The van der Waals surface area contributed by atoms with Crippen molar-refractivity contribution in [3.05, 3.63) is 23.9 Å². The van der Waals surface area contributed by atoms with Gasteiger partial charge in [-0.3, -0.25) is 4.79 Å². The summed E-state index contributed by atoms with van der Waals surface area (Å²) >= 11 is 0. The lowest BCUT2D eigenvalue weighted by molar-refractivity contribution is 0.1000. The topological polar surface area (TPSA) is 71.2 Å². The van der Waals surface area contributed by atoms with Crippen molar-refractivity contribution in [2.75, 3.05) is 24.5 Å². The Morgan fingerprint density at radius 1 is 1.47 bits per heavy atom. The Hall–Kier alpha value is -1.62. The smallest absolute Gasteiger partial charge is 0.250 e. The maximum Gasteiger partial charge on any atom is 0.250 e. The lowest BCUT2D eigenvalue weighted by Crippen LogP contribution is -2.45.